The lowest BCUT2D eigenvalue weighted by Gasteiger charge is -2.41. The highest BCUT2D eigenvalue weighted by molar-refractivity contribution is 6.34. The predicted molar refractivity (Wildman–Crippen MR) is 122 cm³/mol. The summed E-state index contributed by atoms with van der Waals surface area (Å²) in [6.07, 6.45) is 1.02. The number of carbonyl (C=O) groups excluding carboxylic acids is 2. The number of fused-ring (bicyclic) bond motifs is 1. The van der Waals surface area contributed by atoms with Gasteiger partial charge in [0.05, 0.1) is 37.0 Å². The number of Topliss-reactive ketones (excluding diaryl/α,β-unsaturated/α-hetero) is 1. The van der Waals surface area contributed by atoms with Crippen molar-refractivity contribution in [2.75, 3.05) is 26.4 Å². The Kier molecular flexibility index (Phi) is 7.58. The monoisotopic (exact) mass is 466 g/mol. The van der Waals surface area contributed by atoms with E-state index in [1.807, 2.05) is 13.8 Å². The number of rotatable bonds is 7. The molecule has 2 aliphatic rings. The Morgan fingerprint density at radius 1 is 1.26 bits per heavy atom. The van der Waals surface area contributed by atoms with E-state index < -0.39 is 17.8 Å². The lowest BCUT2D eigenvalue weighted by Crippen LogP contribution is -2.44. The Bertz CT molecular complexity index is 940. The van der Waals surface area contributed by atoms with Crippen molar-refractivity contribution >= 4 is 40.7 Å². The summed E-state index contributed by atoms with van der Waals surface area (Å²) in [6.45, 7) is 6.76. The molecule has 2 N–H and O–H groups in total. The van der Waals surface area contributed by atoms with Gasteiger partial charge in [0.15, 0.2) is 0 Å². The van der Waals surface area contributed by atoms with Gasteiger partial charge in [-0.15, -0.1) is 0 Å². The van der Waals surface area contributed by atoms with Crippen LogP contribution >= 0.6 is 23.2 Å². The lowest BCUT2D eigenvalue weighted by molar-refractivity contribution is -0.139. The van der Waals surface area contributed by atoms with Crippen molar-refractivity contribution in [3.8, 4) is 0 Å². The Morgan fingerprint density at radius 2 is 2.00 bits per heavy atom. The first-order valence-corrected chi connectivity index (χ1v) is 11.2. The van der Waals surface area contributed by atoms with E-state index in [1.54, 1.807) is 25.1 Å². The van der Waals surface area contributed by atoms with Crippen molar-refractivity contribution in [1.29, 1.82) is 0 Å². The predicted octanol–water partition coefficient (Wildman–Crippen LogP) is 4.33. The highest BCUT2D eigenvalue weighted by Gasteiger charge is 2.48. The molecule has 0 amide bonds. The first-order chi connectivity index (χ1) is 14.7. The number of ether oxygens (including phenoxy) is 2. The maximum absolute atomic E-state index is 13.3. The van der Waals surface area contributed by atoms with Crippen LogP contribution in [0.4, 0.5) is 0 Å². The summed E-state index contributed by atoms with van der Waals surface area (Å²) >= 11 is 12.8. The average molecular weight is 467 g/mol. The third-order valence-electron chi connectivity index (χ3n) is 5.54. The maximum Gasteiger partial charge on any atom is 0.336 e. The van der Waals surface area contributed by atoms with Gasteiger partial charge in [-0.25, -0.2) is 4.79 Å². The molecule has 8 heteroatoms. The zero-order chi connectivity index (χ0) is 22.8. The molecule has 0 saturated heterocycles. The molecule has 2 unspecified atom stereocenters. The van der Waals surface area contributed by atoms with Crippen LogP contribution in [0.15, 0.2) is 34.5 Å². The Hall–Kier alpha value is -1.73. The van der Waals surface area contributed by atoms with E-state index in [4.69, 9.17) is 43.4 Å². The van der Waals surface area contributed by atoms with Gasteiger partial charge in [0.2, 0.25) is 0 Å². The van der Waals surface area contributed by atoms with Crippen LogP contribution in [0.2, 0.25) is 10.0 Å². The van der Waals surface area contributed by atoms with Gasteiger partial charge in [0.1, 0.15) is 5.78 Å². The molecular formula is C23H28Cl2N2O4. The van der Waals surface area contributed by atoms with Crippen LogP contribution in [0, 0.1) is 11.3 Å². The first kappa shape index (κ1) is 23.9. The molecule has 0 radical (unpaired) electrons. The van der Waals surface area contributed by atoms with Crippen LogP contribution in [0.1, 0.15) is 45.1 Å². The van der Waals surface area contributed by atoms with E-state index in [2.05, 4.69) is 0 Å². The van der Waals surface area contributed by atoms with E-state index >= 15 is 0 Å². The largest absolute Gasteiger partial charge is 0.463 e. The average Bonchev–Trinajstić information content (AvgIpc) is 2.68. The minimum absolute atomic E-state index is 0.0276. The fourth-order valence-corrected chi connectivity index (χ4v) is 4.82. The Labute approximate surface area is 192 Å². The van der Waals surface area contributed by atoms with Gasteiger partial charge in [-0.3, -0.25) is 9.79 Å². The maximum atomic E-state index is 13.3. The second kappa shape index (κ2) is 9.82. The normalized spacial score (nSPS) is 22.8. The molecule has 1 aromatic carbocycles. The summed E-state index contributed by atoms with van der Waals surface area (Å²) in [6, 6.07) is 5.06. The number of benzene rings is 1. The third kappa shape index (κ3) is 5.20. The standard InChI is InChI=1S/C23H28Cl2N2O4/c1-4-31-22(29)21-17(12-30-8-7-26)27-16-10-23(2,3)11-18(28)20(16)19(21)14-9-13(24)5-6-15(14)25/h5-6,9,19-20H,4,7-8,10-12,26H2,1-3H3. The summed E-state index contributed by atoms with van der Waals surface area (Å²) in [4.78, 5) is 31.2. The van der Waals surface area contributed by atoms with E-state index in [0.717, 1.165) is 5.71 Å². The number of halogens is 2. The molecule has 1 heterocycles. The SMILES string of the molecule is CCOC(=O)C1=C(COCCN)N=C2CC(C)(C)CC(=O)C2C1c1cc(Cl)ccc1Cl. The molecular weight excluding hydrogens is 439 g/mol. The topological polar surface area (TPSA) is 91.0 Å². The molecule has 0 aromatic heterocycles. The molecule has 1 aromatic rings. The van der Waals surface area contributed by atoms with Crippen LogP contribution in [0.25, 0.3) is 0 Å². The molecule has 31 heavy (non-hydrogen) atoms. The van der Waals surface area contributed by atoms with E-state index in [0.29, 0.717) is 52.9 Å². The molecule has 168 valence electrons. The number of nitrogens with two attached hydrogens (primary N) is 1. The fourth-order valence-electron chi connectivity index (χ4n) is 4.40. The van der Waals surface area contributed by atoms with Gasteiger partial charge in [-0.2, -0.15) is 0 Å². The fraction of sp³-hybridized carbons (Fsp3) is 0.522. The number of ketones is 1. The van der Waals surface area contributed by atoms with Crippen LogP contribution in [0.5, 0.6) is 0 Å². The molecule has 0 spiro atoms. The summed E-state index contributed by atoms with van der Waals surface area (Å²) < 4.78 is 11.0. The molecule has 1 saturated carbocycles. The highest BCUT2D eigenvalue weighted by atomic mass is 35.5. The molecule has 3 rings (SSSR count). The molecule has 0 bridgehead atoms. The summed E-state index contributed by atoms with van der Waals surface area (Å²) in [7, 11) is 0. The number of hydrogen-bond acceptors (Lipinski definition) is 6. The Morgan fingerprint density at radius 3 is 2.68 bits per heavy atom. The van der Waals surface area contributed by atoms with Gasteiger partial charge in [-0.05, 0) is 42.5 Å². The molecule has 1 fully saturated rings. The number of hydrogen-bond donors (Lipinski definition) is 1. The van der Waals surface area contributed by atoms with Gasteiger partial charge >= 0.3 is 5.97 Å². The Balaban J connectivity index is 2.23. The summed E-state index contributed by atoms with van der Waals surface area (Å²) in [5.41, 5.74) is 7.43. The van der Waals surface area contributed by atoms with Gasteiger partial charge < -0.3 is 15.2 Å². The summed E-state index contributed by atoms with van der Waals surface area (Å²) in [5, 5.41) is 0.897. The molecule has 1 aliphatic carbocycles. The van der Waals surface area contributed by atoms with Gasteiger partial charge in [0, 0.05) is 34.6 Å². The van der Waals surface area contributed by atoms with Crippen molar-refractivity contribution in [2.45, 2.75) is 39.5 Å². The highest BCUT2D eigenvalue weighted by Crippen LogP contribution is 2.48. The van der Waals surface area contributed by atoms with E-state index in [9.17, 15) is 9.59 Å². The van der Waals surface area contributed by atoms with Crippen molar-refractivity contribution in [2.24, 2.45) is 22.1 Å². The number of carbonyl (C=O) groups is 2. The van der Waals surface area contributed by atoms with Crippen molar-refractivity contribution in [1.82, 2.24) is 0 Å². The molecule has 2 atom stereocenters. The van der Waals surface area contributed by atoms with Crippen LogP contribution in [-0.2, 0) is 19.1 Å². The van der Waals surface area contributed by atoms with Gasteiger partial charge in [-0.1, -0.05) is 37.0 Å². The zero-order valence-electron chi connectivity index (χ0n) is 18.0. The molecule has 6 nitrogen and oxygen atoms in total. The third-order valence-corrected chi connectivity index (χ3v) is 6.12. The van der Waals surface area contributed by atoms with E-state index in [1.165, 1.54) is 0 Å². The van der Waals surface area contributed by atoms with Crippen LogP contribution < -0.4 is 5.73 Å². The smallest absolute Gasteiger partial charge is 0.336 e. The lowest BCUT2D eigenvalue weighted by atomic mass is 9.63. The summed E-state index contributed by atoms with van der Waals surface area (Å²) in [5.74, 6) is -1.74. The number of esters is 1. The second-order valence-corrected chi connectivity index (χ2v) is 9.47. The van der Waals surface area contributed by atoms with Crippen molar-refractivity contribution in [3.63, 3.8) is 0 Å². The van der Waals surface area contributed by atoms with Crippen LogP contribution in [-0.4, -0.2) is 43.8 Å². The van der Waals surface area contributed by atoms with E-state index in [-0.39, 0.29) is 24.4 Å². The van der Waals surface area contributed by atoms with Gasteiger partial charge in [0.25, 0.3) is 0 Å². The quantitative estimate of drug-likeness (QED) is 0.476. The first-order valence-electron chi connectivity index (χ1n) is 10.4. The van der Waals surface area contributed by atoms with Crippen LogP contribution in [0.3, 0.4) is 0 Å². The molecule has 1 aliphatic heterocycles. The number of nitrogens with zero attached hydrogens (tertiary/aromatic N) is 1. The zero-order valence-corrected chi connectivity index (χ0v) is 19.6. The minimum Gasteiger partial charge on any atom is -0.463 e. The second-order valence-electron chi connectivity index (χ2n) is 8.63. The van der Waals surface area contributed by atoms with Crippen molar-refractivity contribution < 1.29 is 19.1 Å². The van der Waals surface area contributed by atoms with Crippen molar-refractivity contribution in [3.05, 3.63) is 45.1 Å². The minimum atomic E-state index is -0.641. The number of aliphatic imine (C=N–C) groups is 1.